The lowest BCUT2D eigenvalue weighted by molar-refractivity contribution is -0.122. The molecule has 7 nitrogen and oxygen atoms in total. The largest absolute Gasteiger partial charge is 0.368 e. The summed E-state index contributed by atoms with van der Waals surface area (Å²) in [4.78, 5) is 38.2. The number of carbonyl (C=O) groups excluding carboxylic acids is 1. The van der Waals surface area contributed by atoms with E-state index >= 15 is 0 Å². The van der Waals surface area contributed by atoms with Crippen molar-refractivity contribution in [1.29, 1.82) is 0 Å². The topological polar surface area (TPSA) is 61.2 Å². The summed E-state index contributed by atoms with van der Waals surface area (Å²) in [5, 5.41) is 0.706. The van der Waals surface area contributed by atoms with Gasteiger partial charge in [-0.05, 0) is 49.2 Å². The number of aromatic nitrogens is 2. The molecule has 2 fully saturated rings. The Hall–Kier alpha value is -2.88. The van der Waals surface area contributed by atoms with Crippen molar-refractivity contribution < 1.29 is 4.79 Å². The minimum atomic E-state index is -0.197. The Morgan fingerprint density at radius 3 is 2.58 bits per heavy atom. The second kappa shape index (κ2) is 10.2. The number of pyridine rings is 1. The number of thiocarbonyl (C=S) groups is 1. The molecule has 0 atom stereocenters. The van der Waals surface area contributed by atoms with Crippen LogP contribution in [0.2, 0.25) is 5.02 Å². The van der Waals surface area contributed by atoms with E-state index < -0.39 is 0 Å². The van der Waals surface area contributed by atoms with Gasteiger partial charge in [0.25, 0.3) is 11.5 Å². The first kappa shape index (κ1) is 24.8. The summed E-state index contributed by atoms with van der Waals surface area (Å²) < 4.78 is 2.08. The molecule has 2 aliphatic rings. The van der Waals surface area contributed by atoms with Crippen molar-refractivity contribution in [3.05, 3.63) is 74.0 Å². The van der Waals surface area contributed by atoms with Crippen LogP contribution in [0.4, 0.5) is 11.5 Å². The summed E-state index contributed by atoms with van der Waals surface area (Å²) in [6, 6.07) is 11.6. The molecule has 0 saturated carbocycles. The lowest BCUT2D eigenvalue weighted by atomic mass is 10.2. The minimum absolute atomic E-state index is 0.155. The number of hydrogen-bond donors (Lipinski definition) is 0. The molecule has 0 radical (unpaired) electrons. The highest BCUT2D eigenvalue weighted by Crippen LogP contribution is 2.34. The van der Waals surface area contributed by atoms with Crippen LogP contribution in [0.3, 0.4) is 0 Å². The molecule has 2 aliphatic heterocycles. The van der Waals surface area contributed by atoms with Gasteiger partial charge < -0.3 is 9.80 Å². The number of fused-ring (bicyclic) bond motifs is 1. The number of amides is 1. The van der Waals surface area contributed by atoms with Crippen molar-refractivity contribution in [2.45, 2.75) is 20.3 Å². The van der Waals surface area contributed by atoms with Crippen molar-refractivity contribution in [2.24, 2.45) is 0 Å². The van der Waals surface area contributed by atoms with Crippen LogP contribution in [0.1, 0.15) is 24.5 Å². The van der Waals surface area contributed by atoms with E-state index in [1.54, 1.807) is 21.6 Å². The molecule has 10 heteroatoms. The Labute approximate surface area is 224 Å². The van der Waals surface area contributed by atoms with Crippen LogP contribution in [0.5, 0.6) is 0 Å². The van der Waals surface area contributed by atoms with Gasteiger partial charge >= 0.3 is 0 Å². The number of halogens is 1. The maximum atomic E-state index is 13.7. The van der Waals surface area contributed by atoms with Gasteiger partial charge in [-0.25, -0.2) is 4.98 Å². The second-order valence-electron chi connectivity index (χ2n) is 8.83. The van der Waals surface area contributed by atoms with Crippen molar-refractivity contribution in [3.63, 3.8) is 0 Å². The molecule has 0 unspecified atom stereocenters. The monoisotopic (exact) mass is 539 g/mol. The number of nitrogens with zero attached hydrogens (tertiary/aromatic N) is 5. The van der Waals surface area contributed by atoms with E-state index in [4.69, 9.17) is 28.8 Å². The van der Waals surface area contributed by atoms with Gasteiger partial charge in [-0.2, -0.15) is 0 Å². The third-order valence-corrected chi connectivity index (χ3v) is 8.03. The quantitative estimate of drug-likeness (QED) is 0.347. The predicted octanol–water partition coefficient (Wildman–Crippen LogP) is 4.59. The SMILES string of the molecule is CCCN1C(=O)/C(=C/c2c(N3CCN(c4cccc(Cl)c4)CC3)nc3c(C)cccn3c2=O)SC1=S. The van der Waals surface area contributed by atoms with Gasteiger partial charge in [0, 0.05) is 49.6 Å². The molecule has 4 heterocycles. The van der Waals surface area contributed by atoms with E-state index in [-0.39, 0.29) is 11.5 Å². The third kappa shape index (κ3) is 4.63. The molecule has 1 amide bonds. The van der Waals surface area contributed by atoms with Crippen molar-refractivity contribution in [1.82, 2.24) is 14.3 Å². The number of anilines is 2. The van der Waals surface area contributed by atoms with Crippen molar-refractivity contribution in [2.75, 3.05) is 42.5 Å². The average molecular weight is 540 g/mol. The molecule has 0 spiro atoms. The zero-order valence-corrected chi connectivity index (χ0v) is 22.5. The van der Waals surface area contributed by atoms with Crippen LogP contribution in [0, 0.1) is 6.92 Å². The van der Waals surface area contributed by atoms with E-state index in [9.17, 15) is 9.59 Å². The lowest BCUT2D eigenvalue weighted by Gasteiger charge is -2.37. The highest BCUT2D eigenvalue weighted by molar-refractivity contribution is 8.26. The summed E-state index contributed by atoms with van der Waals surface area (Å²) in [6.07, 6.45) is 4.21. The fraction of sp³-hybridized carbons (Fsp3) is 0.308. The van der Waals surface area contributed by atoms with Crippen molar-refractivity contribution in [3.8, 4) is 0 Å². The fourth-order valence-corrected chi connectivity index (χ4v) is 6.04. The molecular formula is C26H26ClN5O2S2. The maximum absolute atomic E-state index is 13.7. The zero-order chi connectivity index (χ0) is 25.4. The molecule has 0 aliphatic carbocycles. The second-order valence-corrected chi connectivity index (χ2v) is 10.9. The number of aryl methyl sites for hydroxylation is 1. The van der Waals surface area contributed by atoms with Gasteiger partial charge in [0.2, 0.25) is 0 Å². The number of thioether (sulfide) groups is 1. The third-order valence-electron chi connectivity index (χ3n) is 6.41. The smallest absolute Gasteiger partial charge is 0.267 e. The Bertz CT molecular complexity index is 1450. The molecular weight excluding hydrogens is 514 g/mol. The summed E-state index contributed by atoms with van der Waals surface area (Å²) in [7, 11) is 0. The van der Waals surface area contributed by atoms with Crippen LogP contribution in [0.25, 0.3) is 11.7 Å². The Morgan fingerprint density at radius 2 is 1.86 bits per heavy atom. The van der Waals surface area contributed by atoms with E-state index in [0.717, 1.165) is 30.8 Å². The van der Waals surface area contributed by atoms with Crippen molar-refractivity contribution >= 4 is 69.0 Å². The zero-order valence-electron chi connectivity index (χ0n) is 20.1. The first-order valence-corrected chi connectivity index (χ1v) is 13.5. The lowest BCUT2D eigenvalue weighted by Crippen LogP contribution is -2.47. The van der Waals surface area contributed by atoms with E-state index in [2.05, 4.69) is 15.9 Å². The molecule has 0 N–H and O–H groups in total. The molecule has 3 aromatic rings. The first-order chi connectivity index (χ1) is 17.4. The summed E-state index contributed by atoms with van der Waals surface area (Å²) in [5.74, 6) is 0.443. The summed E-state index contributed by atoms with van der Waals surface area (Å²) >= 11 is 12.9. The Kier molecular flexibility index (Phi) is 7.05. The molecule has 1 aromatic carbocycles. The molecule has 2 aromatic heterocycles. The standard InChI is InChI=1S/C26H26ClN5O2S2/c1-3-9-32-25(34)21(36-26(32)35)16-20-23(28-22-17(2)6-5-10-31(22)24(20)33)30-13-11-29(12-14-30)19-8-4-7-18(27)15-19/h4-8,10,15-16H,3,9,11-14H2,1-2H3/b21-16-. The van der Waals surface area contributed by atoms with Gasteiger partial charge in [-0.15, -0.1) is 0 Å². The Morgan fingerprint density at radius 1 is 1.11 bits per heavy atom. The van der Waals surface area contributed by atoms with Crippen LogP contribution in [-0.4, -0.2) is 57.2 Å². The van der Waals surface area contributed by atoms with E-state index in [1.807, 2.05) is 44.2 Å². The van der Waals surface area contributed by atoms with E-state index in [1.165, 1.54) is 11.8 Å². The average Bonchev–Trinajstić information content (AvgIpc) is 3.14. The molecule has 36 heavy (non-hydrogen) atoms. The van der Waals surface area contributed by atoms with Gasteiger partial charge in [-0.3, -0.25) is 18.9 Å². The van der Waals surface area contributed by atoms with Crippen LogP contribution in [0.15, 0.2) is 52.3 Å². The Balaban J connectivity index is 1.54. The number of carbonyl (C=O) groups is 1. The van der Waals surface area contributed by atoms with Gasteiger partial charge in [0.05, 0.1) is 10.5 Å². The van der Waals surface area contributed by atoms with Crippen LogP contribution >= 0.6 is 35.6 Å². The predicted molar refractivity (Wildman–Crippen MR) is 152 cm³/mol. The first-order valence-electron chi connectivity index (χ1n) is 11.9. The number of rotatable bonds is 5. The maximum Gasteiger partial charge on any atom is 0.267 e. The number of hydrogen-bond acceptors (Lipinski definition) is 7. The molecule has 0 bridgehead atoms. The summed E-state index contributed by atoms with van der Waals surface area (Å²) in [5.41, 5.74) is 2.81. The number of benzene rings is 1. The normalized spacial score (nSPS) is 17.6. The minimum Gasteiger partial charge on any atom is -0.368 e. The highest BCUT2D eigenvalue weighted by Gasteiger charge is 2.32. The molecule has 2 saturated heterocycles. The van der Waals surface area contributed by atoms with Crippen LogP contribution < -0.4 is 15.4 Å². The molecule has 186 valence electrons. The van der Waals surface area contributed by atoms with Gasteiger partial charge in [-0.1, -0.05) is 54.6 Å². The van der Waals surface area contributed by atoms with Gasteiger partial charge in [0.15, 0.2) is 0 Å². The van der Waals surface area contributed by atoms with Gasteiger partial charge in [0.1, 0.15) is 15.8 Å². The number of piperazine rings is 1. The van der Waals surface area contributed by atoms with E-state index in [0.29, 0.717) is 50.9 Å². The molecule has 5 rings (SSSR count). The fourth-order valence-electron chi connectivity index (χ4n) is 4.56. The summed E-state index contributed by atoms with van der Waals surface area (Å²) in [6.45, 7) is 7.38. The van der Waals surface area contributed by atoms with Crippen LogP contribution in [-0.2, 0) is 4.79 Å². The highest BCUT2D eigenvalue weighted by atomic mass is 35.5.